The van der Waals surface area contributed by atoms with Crippen molar-refractivity contribution in [2.75, 3.05) is 18.0 Å². The number of amides is 1. The first-order valence-electron chi connectivity index (χ1n) is 5.48. The molecular weight excluding hydrogens is 220 g/mol. The molecule has 1 aromatic rings. The monoisotopic (exact) mass is 234 g/mol. The predicted molar refractivity (Wildman–Crippen MR) is 63.1 cm³/mol. The Morgan fingerprint density at radius 1 is 1.41 bits per heavy atom. The van der Waals surface area contributed by atoms with E-state index in [9.17, 15) is 9.59 Å². The van der Waals surface area contributed by atoms with E-state index < -0.39 is 11.9 Å². The molecule has 90 valence electrons. The molecule has 0 aromatic heterocycles. The van der Waals surface area contributed by atoms with Crippen molar-refractivity contribution in [3.05, 3.63) is 29.3 Å². The van der Waals surface area contributed by atoms with Crippen molar-refractivity contribution in [1.29, 1.82) is 0 Å². The lowest BCUT2D eigenvalue weighted by molar-refractivity contribution is -0.116. The summed E-state index contributed by atoms with van der Waals surface area (Å²) in [7, 11) is 0. The van der Waals surface area contributed by atoms with E-state index in [-0.39, 0.29) is 6.54 Å². The Morgan fingerprint density at radius 2 is 2.18 bits per heavy atom. The molecule has 1 aromatic carbocycles. The van der Waals surface area contributed by atoms with Crippen molar-refractivity contribution in [3.8, 4) is 0 Å². The smallest absolute Gasteiger partial charge is 0.336 e. The van der Waals surface area contributed by atoms with Gasteiger partial charge < -0.3 is 15.7 Å². The van der Waals surface area contributed by atoms with Crippen LogP contribution in [0, 0.1) is 0 Å². The molecule has 0 saturated carbocycles. The molecule has 0 unspecified atom stereocenters. The Hall–Kier alpha value is -2.04. The number of nitrogens with zero attached hydrogens (tertiary/aromatic N) is 1. The first-order chi connectivity index (χ1) is 8.09. The maximum absolute atomic E-state index is 11.1. The average molecular weight is 234 g/mol. The van der Waals surface area contributed by atoms with Crippen LogP contribution in [0.3, 0.4) is 0 Å². The van der Waals surface area contributed by atoms with Gasteiger partial charge in [0.15, 0.2) is 0 Å². The molecule has 1 amide bonds. The van der Waals surface area contributed by atoms with E-state index in [4.69, 9.17) is 10.8 Å². The standard InChI is InChI=1S/C12H14N2O3/c13-11(15)7-14-6-2-4-8-9(12(16)17)3-1-5-10(8)14/h1,3,5H,2,4,6-7H2,(H2,13,15)(H,16,17). The number of anilines is 1. The highest BCUT2D eigenvalue weighted by molar-refractivity contribution is 5.92. The van der Waals surface area contributed by atoms with Gasteiger partial charge in [0, 0.05) is 12.2 Å². The van der Waals surface area contributed by atoms with Crippen LogP contribution in [-0.4, -0.2) is 30.1 Å². The number of hydrogen-bond donors (Lipinski definition) is 2. The summed E-state index contributed by atoms with van der Waals surface area (Å²) in [6.45, 7) is 0.870. The van der Waals surface area contributed by atoms with Gasteiger partial charge in [0.2, 0.25) is 5.91 Å². The van der Waals surface area contributed by atoms with Crippen molar-refractivity contribution >= 4 is 17.6 Å². The first kappa shape index (κ1) is 11.4. The normalized spacial score (nSPS) is 14.2. The maximum Gasteiger partial charge on any atom is 0.336 e. The number of carbonyl (C=O) groups excluding carboxylic acids is 1. The van der Waals surface area contributed by atoms with E-state index in [0.29, 0.717) is 5.56 Å². The van der Waals surface area contributed by atoms with Crippen LogP contribution < -0.4 is 10.6 Å². The summed E-state index contributed by atoms with van der Waals surface area (Å²) in [6.07, 6.45) is 1.57. The number of nitrogens with two attached hydrogens (primary N) is 1. The minimum absolute atomic E-state index is 0.135. The van der Waals surface area contributed by atoms with Crippen LogP contribution in [-0.2, 0) is 11.2 Å². The Kier molecular flexibility index (Phi) is 2.99. The second-order valence-corrected chi connectivity index (χ2v) is 4.10. The molecule has 2 rings (SSSR count). The minimum atomic E-state index is -0.928. The zero-order valence-electron chi connectivity index (χ0n) is 9.35. The van der Waals surface area contributed by atoms with Gasteiger partial charge in [-0.3, -0.25) is 4.79 Å². The summed E-state index contributed by atoms with van der Waals surface area (Å²) in [5.74, 6) is -1.33. The van der Waals surface area contributed by atoms with E-state index in [1.165, 1.54) is 0 Å². The van der Waals surface area contributed by atoms with Crippen LogP contribution in [0.25, 0.3) is 0 Å². The lowest BCUT2D eigenvalue weighted by Crippen LogP contribution is -2.37. The second-order valence-electron chi connectivity index (χ2n) is 4.10. The third-order valence-electron chi connectivity index (χ3n) is 2.92. The number of carboxylic acid groups (broad SMARTS) is 1. The third-order valence-corrected chi connectivity index (χ3v) is 2.92. The van der Waals surface area contributed by atoms with Crippen molar-refractivity contribution in [1.82, 2.24) is 0 Å². The highest BCUT2D eigenvalue weighted by Gasteiger charge is 2.22. The summed E-state index contributed by atoms with van der Waals surface area (Å²) in [4.78, 5) is 23.9. The summed E-state index contributed by atoms with van der Waals surface area (Å²) in [5.41, 5.74) is 7.11. The van der Waals surface area contributed by atoms with Gasteiger partial charge in [-0.05, 0) is 30.5 Å². The predicted octanol–water partition coefficient (Wildman–Crippen LogP) is 0.623. The molecule has 17 heavy (non-hydrogen) atoms. The molecule has 0 radical (unpaired) electrons. The van der Waals surface area contributed by atoms with Crippen LogP contribution in [0.2, 0.25) is 0 Å². The highest BCUT2D eigenvalue weighted by atomic mass is 16.4. The van der Waals surface area contributed by atoms with Crippen molar-refractivity contribution in [3.63, 3.8) is 0 Å². The fourth-order valence-corrected chi connectivity index (χ4v) is 2.25. The fraction of sp³-hybridized carbons (Fsp3) is 0.333. The molecular formula is C12H14N2O3. The number of primary amides is 1. The Labute approximate surface area is 98.8 Å². The van der Waals surface area contributed by atoms with Crippen LogP contribution in [0.4, 0.5) is 5.69 Å². The van der Waals surface area contributed by atoms with Gasteiger partial charge in [-0.2, -0.15) is 0 Å². The van der Waals surface area contributed by atoms with Gasteiger partial charge in [0.1, 0.15) is 0 Å². The molecule has 0 spiro atoms. The lowest BCUT2D eigenvalue weighted by Gasteiger charge is -2.30. The van der Waals surface area contributed by atoms with Crippen molar-refractivity contribution < 1.29 is 14.7 Å². The van der Waals surface area contributed by atoms with E-state index in [1.54, 1.807) is 12.1 Å². The van der Waals surface area contributed by atoms with Gasteiger partial charge in [-0.1, -0.05) is 6.07 Å². The molecule has 1 aliphatic heterocycles. The van der Waals surface area contributed by atoms with Gasteiger partial charge in [-0.25, -0.2) is 4.79 Å². The molecule has 0 fully saturated rings. The SMILES string of the molecule is NC(=O)CN1CCCc2c(C(=O)O)cccc21. The number of fused-ring (bicyclic) bond motifs is 1. The quantitative estimate of drug-likeness (QED) is 0.803. The van der Waals surface area contributed by atoms with Gasteiger partial charge in [0.25, 0.3) is 0 Å². The van der Waals surface area contributed by atoms with E-state index in [1.807, 2.05) is 11.0 Å². The summed E-state index contributed by atoms with van der Waals surface area (Å²) in [6, 6.07) is 5.13. The largest absolute Gasteiger partial charge is 0.478 e. The minimum Gasteiger partial charge on any atom is -0.478 e. The summed E-state index contributed by atoms with van der Waals surface area (Å²) >= 11 is 0. The Balaban J connectivity index is 2.42. The number of aromatic carboxylic acids is 1. The van der Waals surface area contributed by atoms with Gasteiger partial charge in [0.05, 0.1) is 12.1 Å². The van der Waals surface area contributed by atoms with Gasteiger partial charge in [-0.15, -0.1) is 0 Å². The van der Waals surface area contributed by atoms with Crippen LogP contribution in [0.1, 0.15) is 22.3 Å². The number of benzene rings is 1. The maximum atomic E-state index is 11.1. The Morgan fingerprint density at radius 3 is 2.82 bits per heavy atom. The average Bonchev–Trinajstić information content (AvgIpc) is 2.28. The van der Waals surface area contributed by atoms with Crippen molar-refractivity contribution in [2.24, 2.45) is 5.73 Å². The topological polar surface area (TPSA) is 83.6 Å². The van der Waals surface area contributed by atoms with E-state index >= 15 is 0 Å². The third kappa shape index (κ3) is 2.22. The van der Waals surface area contributed by atoms with Crippen molar-refractivity contribution in [2.45, 2.75) is 12.8 Å². The first-order valence-corrected chi connectivity index (χ1v) is 5.48. The molecule has 0 aliphatic carbocycles. The highest BCUT2D eigenvalue weighted by Crippen LogP contribution is 2.29. The summed E-state index contributed by atoms with van der Waals surface area (Å²) < 4.78 is 0. The number of rotatable bonds is 3. The van der Waals surface area contributed by atoms with Crippen LogP contribution in [0.5, 0.6) is 0 Å². The summed E-state index contributed by atoms with van der Waals surface area (Å²) in [5, 5.41) is 9.10. The number of carboxylic acids is 1. The zero-order chi connectivity index (χ0) is 12.4. The molecule has 3 N–H and O–H groups in total. The zero-order valence-corrected chi connectivity index (χ0v) is 9.35. The Bertz CT molecular complexity index is 471. The molecule has 1 heterocycles. The number of carbonyl (C=O) groups is 2. The second kappa shape index (κ2) is 4.45. The van der Waals surface area contributed by atoms with Crippen LogP contribution in [0.15, 0.2) is 18.2 Å². The fourth-order valence-electron chi connectivity index (χ4n) is 2.25. The lowest BCUT2D eigenvalue weighted by atomic mass is 9.96. The molecule has 0 saturated heterocycles. The van der Waals surface area contributed by atoms with Gasteiger partial charge >= 0.3 is 5.97 Å². The molecule has 1 aliphatic rings. The molecule has 5 nitrogen and oxygen atoms in total. The van der Waals surface area contributed by atoms with E-state index in [0.717, 1.165) is 30.6 Å². The molecule has 0 atom stereocenters. The molecule has 5 heteroatoms. The van der Waals surface area contributed by atoms with Crippen LogP contribution >= 0.6 is 0 Å². The molecule has 0 bridgehead atoms. The van der Waals surface area contributed by atoms with E-state index in [2.05, 4.69) is 0 Å². The number of hydrogen-bond acceptors (Lipinski definition) is 3.